The van der Waals surface area contributed by atoms with Crippen molar-refractivity contribution in [3.8, 4) is 0 Å². The van der Waals surface area contributed by atoms with Gasteiger partial charge in [0.15, 0.2) is 0 Å². The van der Waals surface area contributed by atoms with Crippen LogP contribution in [0.25, 0.3) is 0 Å². The van der Waals surface area contributed by atoms with Crippen molar-refractivity contribution in [2.24, 2.45) is 0 Å². The Bertz CT molecular complexity index is 1150. The van der Waals surface area contributed by atoms with Crippen LogP contribution in [0.1, 0.15) is 5.56 Å². The predicted octanol–water partition coefficient (Wildman–Crippen LogP) is 5.90. The summed E-state index contributed by atoms with van der Waals surface area (Å²) in [6, 6.07) is 17.7. The third kappa shape index (κ3) is 5.55. The maximum Gasteiger partial charge on any atom is 0.264 e. The first-order chi connectivity index (χ1) is 14.1. The molecule has 1 N–H and O–H groups in total. The molecule has 0 aliphatic carbocycles. The van der Waals surface area contributed by atoms with E-state index in [0.717, 1.165) is 14.3 Å². The lowest BCUT2D eigenvalue weighted by Crippen LogP contribution is -2.38. The van der Waals surface area contributed by atoms with E-state index in [2.05, 4.69) is 21.2 Å². The van der Waals surface area contributed by atoms with Crippen molar-refractivity contribution in [1.29, 1.82) is 0 Å². The van der Waals surface area contributed by atoms with Gasteiger partial charge in [-0.25, -0.2) is 8.42 Å². The van der Waals surface area contributed by atoms with Gasteiger partial charge in [0.1, 0.15) is 6.54 Å². The van der Waals surface area contributed by atoms with Gasteiger partial charge in [-0.2, -0.15) is 0 Å². The minimum atomic E-state index is -3.98. The molecular formula is C21H17BrCl2N2O3S. The Kier molecular flexibility index (Phi) is 7.08. The van der Waals surface area contributed by atoms with E-state index in [-0.39, 0.29) is 4.90 Å². The number of hydrogen-bond donors (Lipinski definition) is 1. The van der Waals surface area contributed by atoms with Crippen molar-refractivity contribution in [3.63, 3.8) is 0 Å². The van der Waals surface area contributed by atoms with Gasteiger partial charge in [0, 0.05) is 20.2 Å². The molecule has 3 aromatic carbocycles. The molecule has 30 heavy (non-hydrogen) atoms. The van der Waals surface area contributed by atoms with Gasteiger partial charge >= 0.3 is 0 Å². The SMILES string of the molecule is Cc1ccc(S(=O)(=O)N(CC(=O)Nc2cc(Cl)cc(Cl)c2)c2ccc(Br)cc2)cc1. The molecule has 0 saturated carbocycles. The molecule has 0 fully saturated rings. The molecule has 0 spiro atoms. The molecule has 0 saturated heterocycles. The largest absolute Gasteiger partial charge is 0.324 e. The van der Waals surface area contributed by atoms with E-state index >= 15 is 0 Å². The zero-order valence-electron chi connectivity index (χ0n) is 15.8. The van der Waals surface area contributed by atoms with Gasteiger partial charge in [0.05, 0.1) is 10.6 Å². The average molecular weight is 528 g/mol. The van der Waals surface area contributed by atoms with Crippen LogP contribution in [0.4, 0.5) is 11.4 Å². The van der Waals surface area contributed by atoms with Crippen LogP contribution < -0.4 is 9.62 Å². The number of nitrogens with zero attached hydrogens (tertiary/aromatic N) is 1. The van der Waals surface area contributed by atoms with Gasteiger partial charge in [0.25, 0.3) is 10.0 Å². The fourth-order valence-electron chi connectivity index (χ4n) is 2.72. The van der Waals surface area contributed by atoms with Crippen LogP contribution in [0.5, 0.6) is 0 Å². The molecule has 9 heteroatoms. The van der Waals surface area contributed by atoms with Gasteiger partial charge in [-0.3, -0.25) is 9.10 Å². The minimum absolute atomic E-state index is 0.0922. The van der Waals surface area contributed by atoms with Crippen molar-refractivity contribution in [2.45, 2.75) is 11.8 Å². The van der Waals surface area contributed by atoms with Crippen molar-refractivity contribution >= 4 is 66.4 Å². The standard InChI is InChI=1S/C21H17BrCl2N2O3S/c1-14-2-8-20(9-3-14)30(28,29)26(19-6-4-15(22)5-7-19)13-21(27)25-18-11-16(23)10-17(24)12-18/h2-12H,13H2,1H3,(H,25,27). The van der Waals surface area contributed by atoms with E-state index in [1.165, 1.54) is 30.3 Å². The number of aryl methyl sites for hydroxylation is 1. The molecular weight excluding hydrogens is 511 g/mol. The summed E-state index contributed by atoms with van der Waals surface area (Å²) in [7, 11) is -3.98. The second-order valence-corrected chi connectivity index (χ2v) is 10.2. The van der Waals surface area contributed by atoms with Crippen LogP contribution in [0.2, 0.25) is 10.0 Å². The molecule has 156 valence electrons. The van der Waals surface area contributed by atoms with E-state index in [1.807, 2.05) is 6.92 Å². The molecule has 0 unspecified atom stereocenters. The third-order valence-electron chi connectivity index (χ3n) is 4.16. The smallest absolute Gasteiger partial charge is 0.264 e. The number of carbonyl (C=O) groups is 1. The van der Waals surface area contributed by atoms with Gasteiger partial charge in [-0.15, -0.1) is 0 Å². The van der Waals surface area contributed by atoms with Crippen molar-refractivity contribution < 1.29 is 13.2 Å². The Morgan fingerprint density at radius 3 is 2.10 bits per heavy atom. The summed E-state index contributed by atoms with van der Waals surface area (Å²) in [5.41, 5.74) is 1.67. The van der Waals surface area contributed by atoms with Crippen LogP contribution >= 0.6 is 39.1 Å². The van der Waals surface area contributed by atoms with Gasteiger partial charge in [-0.05, 0) is 61.5 Å². The topological polar surface area (TPSA) is 66.5 Å². The lowest BCUT2D eigenvalue weighted by molar-refractivity contribution is -0.114. The summed E-state index contributed by atoms with van der Waals surface area (Å²) in [6.45, 7) is 1.44. The van der Waals surface area contributed by atoms with Crippen molar-refractivity contribution in [3.05, 3.63) is 86.8 Å². The van der Waals surface area contributed by atoms with Crippen molar-refractivity contribution in [2.75, 3.05) is 16.2 Å². The Labute approximate surface area is 193 Å². The van der Waals surface area contributed by atoms with Crippen LogP contribution in [-0.2, 0) is 14.8 Å². The lowest BCUT2D eigenvalue weighted by Gasteiger charge is -2.24. The number of anilines is 2. The molecule has 0 aliphatic rings. The number of sulfonamides is 1. The number of amides is 1. The Morgan fingerprint density at radius 2 is 1.53 bits per heavy atom. The minimum Gasteiger partial charge on any atom is -0.324 e. The van der Waals surface area contributed by atoms with E-state index in [9.17, 15) is 13.2 Å². The fourth-order valence-corrected chi connectivity index (χ4v) is 4.93. The van der Waals surface area contributed by atoms with E-state index in [4.69, 9.17) is 23.2 Å². The highest BCUT2D eigenvalue weighted by Gasteiger charge is 2.27. The maximum atomic E-state index is 13.3. The molecule has 0 heterocycles. The molecule has 3 rings (SSSR count). The number of rotatable bonds is 6. The monoisotopic (exact) mass is 526 g/mol. The van der Waals surface area contributed by atoms with E-state index in [1.54, 1.807) is 36.4 Å². The van der Waals surface area contributed by atoms with Gasteiger partial charge < -0.3 is 5.32 Å². The summed E-state index contributed by atoms with van der Waals surface area (Å²) in [4.78, 5) is 12.8. The maximum absolute atomic E-state index is 13.3. The van der Waals surface area contributed by atoms with Crippen LogP contribution in [0.3, 0.4) is 0 Å². The zero-order chi connectivity index (χ0) is 21.9. The van der Waals surface area contributed by atoms with Crippen LogP contribution in [0.15, 0.2) is 76.1 Å². The fraction of sp³-hybridized carbons (Fsp3) is 0.0952. The quantitative estimate of drug-likeness (QED) is 0.434. The Morgan fingerprint density at radius 1 is 0.967 bits per heavy atom. The summed E-state index contributed by atoms with van der Waals surface area (Å²) in [5.74, 6) is -0.535. The highest BCUT2D eigenvalue weighted by Crippen LogP contribution is 2.26. The molecule has 0 atom stereocenters. The second kappa shape index (κ2) is 9.39. The predicted molar refractivity (Wildman–Crippen MR) is 125 cm³/mol. The molecule has 1 amide bonds. The van der Waals surface area contributed by atoms with E-state index < -0.39 is 22.5 Å². The highest BCUT2D eigenvalue weighted by molar-refractivity contribution is 9.10. The summed E-state index contributed by atoms with van der Waals surface area (Å²) < 4.78 is 28.5. The lowest BCUT2D eigenvalue weighted by atomic mass is 10.2. The molecule has 3 aromatic rings. The number of carbonyl (C=O) groups excluding carboxylic acids is 1. The van der Waals surface area contributed by atoms with Crippen LogP contribution in [-0.4, -0.2) is 20.9 Å². The molecule has 0 bridgehead atoms. The number of benzene rings is 3. The number of nitrogens with one attached hydrogen (secondary N) is 1. The van der Waals surface area contributed by atoms with E-state index in [0.29, 0.717) is 21.4 Å². The molecule has 5 nitrogen and oxygen atoms in total. The van der Waals surface area contributed by atoms with Crippen LogP contribution in [0, 0.1) is 6.92 Å². The first kappa shape index (κ1) is 22.6. The van der Waals surface area contributed by atoms with Gasteiger partial charge in [-0.1, -0.05) is 56.8 Å². The summed E-state index contributed by atoms with van der Waals surface area (Å²) in [5, 5.41) is 3.36. The zero-order valence-corrected chi connectivity index (χ0v) is 19.7. The second-order valence-electron chi connectivity index (χ2n) is 6.51. The third-order valence-corrected chi connectivity index (χ3v) is 6.91. The average Bonchev–Trinajstić information content (AvgIpc) is 2.66. The Balaban J connectivity index is 1.94. The normalized spacial score (nSPS) is 11.2. The highest BCUT2D eigenvalue weighted by atomic mass is 79.9. The number of hydrogen-bond acceptors (Lipinski definition) is 3. The summed E-state index contributed by atoms with van der Waals surface area (Å²) in [6.07, 6.45) is 0. The van der Waals surface area contributed by atoms with Gasteiger partial charge in [0.2, 0.25) is 5.91 Å². The Hall–Kier alpha value is -2.06. The summed E-state index contributed by atoms with van der Waals surface area (Å²) >= 11 is 15.3. The molecule has 0 aliphatic heterocycles. The first-order valence-corrected chi connectivity index (χ1v) is 11.7. The molecule has 0 aromatic heterocycles. The number of halogens is 3. The molecule has 0 radical (unpaired) electrons. The van der Waals surface area contributed by atoms with Crippen molar-refractivity contribution in [1.82, 2.24) is 0 Å². The first-order valence-electron chi connectivity index (χ1n) is 8.76.